The number of nitrogens with zero attached hydrogens (tertiary/aromatic N) is 1. The molecule has 0 radical (unpaired) electrons. The Labute approximate surface area is 127 Å². The average Bonchev–Trinajstić information content (AvgIpc) is 2.55. The smallest absolute Gasteiger partial charge is 0.0558 e. The second-order valence-corrected chi connectivity index (χ2v) is 6.12. The highest BCUT2D eigenvalue weighted by atomic mass is 16.3. The average molecular weight is 283 g/mol. The van der Waals surface area contributed by atoms with E-state index in [1.54, 1.807) is 0 Å². The second kappa shape index (κ2) is 7.06. The van der Waals surface area contributed by atoms with E-state index in [-0.39, 0.29) is 6.61 Å². The summed E-state index contributed by atoms with van der Waals surface area (Å²) in [6.45, 7) is 1.99. The van der Waals surface area contributed by atoms with E-state index < -0.39 is 0 Å². The fourth-order valence-electron chi connectivity index (χ4n) is 3.61. The molecule has 1 N–H and O–H groups in total. The summed E-state index contributed by atoms with van der Waals surface area (Å²) in [5.74, 6) is 0. The van der Waals surface area contributed by atoms with Crippen molar-refractivity contribution in [3.05, 3.63) is 48.0 Å². The number of aliphatic hydroxyl groups is 1. The third-order valence-corrected chi connectivity index (χ3v) is 4.73. The van der Waals surface area contributed by atoms with Gasteiger partial charge in [0.2, 0.25) is 0 Å². The Balaban J connectivity index is 1.83. The van der Waals surface area contributed by atoms with Crippen molar-refractivity contribution >= 4 is 10.8 Å². The van der Waals surface area contributed by atoms with Crippen LogP contribution in [0.3, 0.4) is 0 Å². The normalized spacial score (nSPS) is 16.7. The molecule has 112 valence electrons. The molecule has 0 aromatic heterocycles. The highest BCUT2D eigenvalue weighted by Gasteiger charge is 2.21. The summed E-state index contributed by atoms with van der Waals surface area (Å²) < 4.78 is 0. The van der Waals surface area contributed by atoms with Crippen LogP contribution in [-0.4, -0.2) is 29.2 Å². The van der Waals surface area contributed by atoms with Crippen LogP contribution < -0.4 is 0 Å². The topological polar surface area (TPSA) is 23.5 Å². The van der Waals surface area contributed by atoms with Gasteiger partial charge in [0, 0.05) is 19.1 Å². The van der Waals surface area contributed by atoms with Gasteiger partial charge in [0.1, 0.15) is 0 Å². The number of hydrogen-bond acceptors (Lipinski definition) is 2. The summed E-state index contributed by atoms with van der Waals surface area (Å²) in [5, 5.41) is 12.1. The molecule has 1 fully saturated rings. The van der Waals surface area contributed by atoms with Crippen LogP contribution in [0.15, 0.2) is 42.5 Å². The first-order valence-corrected chi connectivity index (χ1v) is 8.20. The quantitative estimate of drug-likeness (QED) is 0.897. The van der Waals surface area contributed by atoms with E-state index in [9.17, 15) is 5.11 Å². The van der Waals surface area contributed by atoms with Crippen LogP contribution in [0.25, 0.3) is 10.8 Å². The van der Waals surface area contributed by atoms with Gasteiger partial charge in [0.05, 0.1) is 6.61 Å². The third-order valence-electron chi connectivity index (χ3n) is 4.73. The minimum atomic E-state index is 0.251. The van der Waals surface area contributed by atoms with Crippen LogP contribution in [0.2, 0.25) is 0 Å². The zero-order chi connectivity index (χ0) is 14.5. The maximum Gasteiger partial charge on any atom is 0.0558 e. The van der Waals surface area contributed by atoms with Gasteiger partial charge in [-0.05, 0) is 29.2 Å². The lowest BCUT2D eigenvalue weighted by atomic mass is 9.93. The zero-order valence-electron chi connectivity index (χ0n) is 12.7. The fourth-order valence-corrected chi connectivity index (χ4v) is 3.61. The van der Waals surface area contributed by atoms with E-state index >= 15 is 0 Å². The maximum absolute atomic E-state index is 9.42. The van der Waals surface area contributed by atoms with Crippen molar-refractivity contribution in [1.82, 2.24) is 4.90 Å². The highest BCUT2D eigenvalue weighted by Crippen LogP contribution is 2.26. The Morgan fingerprint density at radius 2 is 1.71 bits per heavy atom. The van der Waals surface area contributed by atoms with Crippen molar-refractivity contribution in [3.8, 4) is 0 Å². The van der Waals surface area contributed by atoms with Crippen LogP contribution in [0.5, 0.6) is 0 Å². The van der Waals surface area contributed by atoms with Crippen molar-refractivity contribution in [1.29, 1.82) is 0 Å². The van der Waals surface area contributed by atoms with Gasteiger partial charge in [-0.2, -0.15) is 0 Å². The van der Waals surface area contributed by atoms with Gasteiger partial charge in [-0.1, -0.05) is 61.7 Å². The standard InChI is InChI=1S/C19H25NO/c21-14-13-20(18-10-2-1-3-11-18)15-17-9-6-8-16-7-4-5-12-19(16)17/h4-9,12,18,21H,1-3,10-11,13-15H2. The van der Waals surface area contributed by atoms with E-state index in [2.05, 4.69) is 47.4 Å². The Kier molecular flexibility index (Phi) is 4.89. The van der Waals surface area contributed by atoms with Crippen LogP contribution in [0, 0.1) is 0 Å². The van der Waals surface area contributed by atoms with Crippen LogP contribution in [0.1, 0.15) is 37.7 Å². The minimum Gasteiger partial charge on any atom is -0.395 e. The third kappa shape index (κ3) is 3.45. The monoisotopic (exact) mass is 283 g/mol. The molecule has 3 rings (SSSR count). The van der Waals surface area contributed by atoms with E-state index in [4.69, 9.17) is 0 Å². The maximum atomic E-state index is 9.42. The summed E-state index contributed by atoms with van der Waals surface area (Å²) in [4.78, 5) is 2.49. The van der Waals surface area contributed by atoms with E-state index in [1.807, 2.05) is 0 Å². The molecule has 2 nitrogen and oxygen atoms in total. The van der Waals surface area contributed by atoms with Crippen molar-refractivity contribution < 1.29 is 5.11 Å². The molecular formula is C19H25NO. The molecular weight excluding hydrogens is 258 g/mol. The number of rotatable bonds is 5. The number of benzene rings is 2. The summed E-state index contributed by atoms with van der Waals surface area (Å²) >= 11 is 0. The number of hydrogen-bond donors (Lipinski definition) is 1. The molecule has 2 aromatic carbocycles. The van der Waals surface area contributed by atoms with E-state index in [1.165, 1.54) is 48.4 Å². The van der Waals surface area contributed by atoms with Crippen molar-refractivity contribution in [2.24, 2.45) is 0 Å². The first kappa shape index (κ1) is 14.6. The van der Waals surface area contributed by atoms with Crippen LogP contribution in [0.4, 0.5) is 0 Å². The molecule has 0 saturated heterocycles. The SMILES string of the molecule is OCCN(Cc1cccc2ccccc12)C1CCCCC1. The zero-order valence-corrected chi connectivity index (χ0v) is 12.7. The Hall–Kier alpha value is -1.38. The predicted octanol–water partition coefficient (Wildman–Crippen LogP) is 3.97. The van der Waals surface area contributed by atoms with Gasteiger partial charge < -0.3 is 5.11 Å². The van der Waals surface area contributed by atoms with E-state index in [0.29, 0.717) is 6.04 Å². The van der Waals surface area contributed by atoms with Crippen molar-refractivity contribution in [3.63, 3.8) is 0 Å². The summed E-state index contributed by atoms with van der Waals surface area (Å²) in [5.41, 5.74) is 1.38. The van der Waals surface area contributed by atoms with Crippen molar-refractivity contribution in [2.45, 2.75) is 44.7 Å². The Morgan fingerprint density at radius 1 is 0.952 bits per heavy atom. The fraction of sp³-hybridized carbons (Fsp3) is 0.474. The molecule has 0 aliphatic heterocycles. The molecule has 0 bridgehead atoms. The molecule has 1 saturated carbocycles. The Morgan fingerprint density at radius 3 is 2.52 bits per heavy atom. The summed E-state index contributed by atoms with van der Waals surface area (Å²) in [6.07, 6.45) is 6.61. The molecule has 1 aliphatic rings. The molecule has 0 spiro atoms. The lowest BCUT2D eigenvalue weighted by Gasteiger charge is -2.34. The van der Waals surface area contributed by atoms with Gasteiger partial charge in [-0.3, -0.25) is 4.90 Å². The minimum absolute atomic E-state index is 0.251. The summed E-state index contributed by atoms with van der Waals surface area (Å²) in [6, 6.07) is 15.8. The highest BCUT2D eigenvalue weighted by molar-refractivity contribution is 5.85. The van der Waals surface area contributed by atoms with Gasteiger partial charge in [-0.25, -0.2) is 0 Å². The lowest BCUT2D eigenvalue weighted by molar-refractivity contribution is 0.117. The van der Waals surface area contributed by atoms with Crippen molar-refractivity contribution in [2.75, 3.05) is 13.2 Å². The lowest BCUT2D eigenvalue weighted by Crippen LogP contribution is -2.38. The number of aliphatic hydroxyl groups excluding tert-OH is 1. The van der Waals surface area contributed by atoms with Gasteiger partial charge >= 0.3 is 0 Å². The summed E-state index contributed by atoms with van der Waals surface area (Å²) in [7, 11) is 0. The predicted molar refractivity (Wildman–Crippen MR) is 88.3 cm³/mol. The first-order chi connectivity index (χ1) is 10.4. The molecule has 0 unspecified atom stereocenters. The molecule has 2 aromatic rings. The molecule has 0 atom stereocenters. The Bertz CT molecular complexity index is 569. The molecule has 0 heterocycles. The van der Waals surface area contributed by atoms with Gasteiger partial charge in [0.15, 0.2) is 0 Å². The molecule has 2 heteroatoms. The van der Waals surface area contributed by atoms with Gasteiger partial charge in [-0.15, -0.1) is 0 Å². The number of fused-ring (bicyclic) bond motifs is 1. The van der Waals surface area contributed by atoms with Crippen LogP contribution in [-0.2, 0) is 6.54 Å². The largest absolute Gasteiger partial charge is 0.395 e. The van der Waals surface area contributed by atoms with E-state index in [0.717, 1.165) is 13.1 Å². The molecule has 0 amide bonds. The van der Waals surface area contributed by atoms with Gasteiger partial charge in [0.25, 0.3) is 0 Å². The first-order valence-electron chi connectivity index (χ1n) is 8.20. The second-order valence-electron chi connectivity index (χ2n) is 6.12. The molecule has 1 aliphatic carbocycles. The molecule has 21 heavy (non-hydrogen) atoms. The van der Waals surface area contributed by atoms with Crippen LogP contribution >= 0.6 is 0 Å².